The number of benzene rings is 1. The minimum absolute atomic E-state index is 0.124. The highest BCUT2D eigenvalue weighted by molar-refractivity contribution is 6.30. The molecule has 0 radical (unpaired) electrons. The van der Waals surface area contributed by atoms with Gasteiger partial charge >= 0.3 is 0 Å². The van der Waals surface area contributed by atoms with E-state index in [1.54, 1.807) is 7.05 Å². The summed E-state index contributed by atoms with van der Waals surface area (Å²) in [5, 5.41) is 12.0. The molecule has 0 amide bonds. The molecule has 0 unspecified atom stereocenters. The van der Waals surface area contributed by atoms with E-state index in [-0.39, 0.29) is 17.1 Å². The Bertz CT molecular complexity index is 636. The number of hydrogen-bond donors (Lipinski definition) is 1. The van der Waals surface area contributed by atoms with Gasteiger partial charge in [0, 0.05) is 18.1 Å². The van der Waals surface area contributed by atoms with E-state index in [0.717, 1.165) is 0 Å². The fourth-order valence-corrected chi connectivity index (χ4v) is 1.59. The lowest BCUT2D eigenvalue weighted by atomic mass is 10.2. The smallest absolute Gasteiger partial charge is 0.165 e. The Balaban J connectivity index is 2.63. The van der Waals surface area contributed by atoms with Gasteiger partial charge in [-0.25, -0.2) is 14.4 Å². The average Bonchev–Trinajstić information content (AvgIpc) is 2.40. The van der Waals surface area contributed by atoms with Crippen LogP contribution in [0.1, 0.15) is 5.69 Å². The van der Waals surface area contributed by atoms with Crippen LogP contribution in [0, 0.1) is 17.1 Å². The van der Waals surface area contributed by atoms with Crippen molar-refractivity contribution in [3.8, 4) is 17.5 Å². The molecule has 0 aliphatic heterocycles. The zero-order chi connectivity index (χ0) is 13.1. The highest BCUT2D eigenvalue weighted by Crippen LogP contribution is 2.24. The Hall–Kier alpha value is -2.19. The van der Waals surface area contributed by atoms with Crippen LogP contribution in [0.3, 0.4) is 0 Å². The van der Waals surface area contributed by atoms with E-state index >= 15 is 0 Å². The number of hydrogen-bond acceptors (Lipinski definition) is 4. The van der Waals surface area contributed by atoms with Gasteiger partial charge in [-0.1, -0.05) is 11.6 Å². The largest absolute Gasteiger partial charge is 0.373 e. The molecule has 1 heterocycles. The maximum absolute atomic E-state index is 13.7. The van der Waals surface area contributed by atoms with Gasteiger partial charge in [0.05, 0.1) is 5.56 Å². The summed E-state index contributed by atoms with van der Waals surface area (Å²) < 4.78 is 13.7. The highest BCUT2D eigenvalue weighted by atomic mass is 35.5. The van der Waals surface area contributed by atoms with Crippen LogP contribution in [0.2, 0.25) is 5.02 Å². The minimum Gasteiger partial charge on any atom is -0.373 e. The van der Waals surface area contributed by atoms with E-state index in [9.17, 15) is 4.39 Å². The molecule has 1 aromatic heterocycles. The summed E-state index contributed by atoms with van der Waals surface area (Å²) in [6.45, 7) is 0. The lowest BCUT2D eigenvalue weighted by molar-refractivity contribution is 0.630. The molecular formula is C12H8ClFN4. The molecule has 0 fully saturated rings. The standard InChI is InChI=1S/C12H8ClFN4/c1-16-11-5-8(6-15)17-12(18-11)9-4-7(13)2-3-10(9)14/h2-5H,1H3,(H,16,17,18). The normalized spacial score (nSPS) is 9.89. The van der Waals surface area contributed by atoms with Crippen molar-refractivity contribution >= 4 is 17.4 Å². The molecule has 4 nitrogen and oxygen atoms in total. The van der Waals surface area contributed by atoms with E-state index in [1.165, 1.54) is 24.3 Å². The van der Waals surface area contributed by atoms with Gasteiger partial charge in [-0.2, -0.15) is 5.26 Å². The van der Waals surface area contributed by atoms with E-state index in [0.29, 0.717) is 10.8 Å². The second kappa shape index (κ2) is 4.98. The van der Waals surface area contributed by atoms with E-state index in [1.807, 2.05) is 6.07 Å². The van der Waals surface area contributed by atoms with Crippen LogP contribution in [-0.4, -0.2) is 17.0 Å². The zero-order valence-electron chi connectivity index (χ0n) is 9.41. The third-order valence-electron chi connectivity index (χ3n) is 2.27. The van der Waals surface area contributed by atoms with Crippen LogP contribution in [0.4, 0.5) is 10.2 Å². The fraction of sp³-hybridized carbons (Fsp3) is 0.0833. The number of anilines is 1. The molecule has 0 saturated carbocycles. The third kappa shape index (κ3) is 2.39. The lowest BCUT2D eigenvalue weighted by Crippen LogP contribution is -2.00. The first-order chi connectivity index (χ1) is 8.63. The first-order valence-electron chi connectivity index (χ1n) is 5.06. The summed E-state index contributed by atoms with van der Waals surface area (Å²) in [6, 6.07) is 7.47. The van der Waals surface area contributed by atoms with Gasteiger partial charge in [-0.3, -0.25) is 0 Å². The molecule has 1 aromatic carbocycles. The van der Waals surface area contributed by atoms with E-state index < -0.39 is 5.82 Å². The summed E-state index contributed by atoms with van der Waals surface area (Å²) in [6.07, 6.45) is 0. The van der Waals surface area contributed by atoms with Crippen molar-refractivity contribution in [2.75, 3.05) is 12.4 Å². The second-order valence-corrected chi connectivity index (χ2v) is 3.88. The van der Waals surface area contributed by atoms with Crippen LogP contribution in [0.25, 0.3) is 11.4 Å². The molecule has 0 spiro atoms. The van der Waals surface area contributed by atoms with Crippen LogP contribution < -0.4 is 5.32 Å². The first-order valence-corrected chi connectivity index (χ1v) is 5.44. The Kier molecular flexibility index (Phi) is 3.40. The van der Waals surface area contributed by atoms with Crippen LogP contribution in [0.5, 0.6) is 0 Å². The van der Waals surface area contributed by atoms with Crippen LogP contribution in [0.15, 0.2) is 24.3 Å². The van der Waals surface area contributed by atoms with Gasteiger partial charge in [-0.15, -0.1) is 0 Å². The van der Waals surface area contributed by atoms with Crippen LogP contribution in [-0.2, 0) is 0 Å². The maximum Gasteiger partial charge on any atom is 0.165 e. The summed E-state index contributed by atoms with van der Waals surface area (Å²) >= 11 is 5.81. The summed E-state index contributed by atoms with van der Waals surface area (Å²) in [4.78, 5) is 8.06. The molecule has 90 valence electrons. The van der Waals surface area contributed by atoms with Crippen molar-refractivity contribution in [3.63, 3.8) is 0 Å². The van der Waals surface area contributed by atoms with Crippen molar-refractivity contribution in [3.05, 3.63) is 40.8 Å². The quantitative estimate of drug-likeness (QED) is 0.904. The molecular weight excluding hydrogens is 255 g/mol. The molecule has 0 aliphatic rings. The van der Waals surface area contributed by atoms with Gasteiger partial charge in [0.25, 0.3) is 0 Å². The molecule has 0 aliphatic carbocycles. The van der Waals surface area contributed by atoms with Gasteiger partial charge < -0.3 is 5.32 Å². The van der Waals surface area contributed by atoms with Gasteiger partial charge in [-0.05, 0) is 18.2 Å². The first kappa shape index (κ1) is 12.3. The molecule has 2 aromatic rings. The summed E-state index contributed by atoms with van der Waals surface area (Å²) in [5.41, 5.74) is 0.319. The SMILES string of the molecule is CNc1cc(C#N)nc(-c2cc(Cl)ccc2F)n1. The average molecular weight is 263 g/mol. The maximum atomic E-state index is 13.7. The topological polar surface area (TPSA) is 61.6 Å². The number of aromatic nitrogens is 2. The molecule has 2 rings (SSSR count). The number of nitrogens with zero attached hydrogens (tertiary/aromatic N) is 3. The molecule has 6 heteroatoms. The van der Waals surface area contributed by atoms with Crippen molar-refractivity contribution < 1.29 is 4.39 Å². The van der Waals surface area contributed by atoms with Gasteiger partial charge in [0.2, 0.25) is 0 Å². The monoisotopic (exact) mass is 262 g/mol. The number of rotatable bonds is 2. The molecule has 0 atom stereocenters. The summed E-state index contributed by atoms with van der Waals surface area (Å²) in [7, 11) is 1.65. The van der Waals surface area contributed by atoms with Crippen molar-refractivity contribution in [1.82, 2.24) is 9.97 Å². The summed E-state index contributed by atoms with van der Waals surface area (Å²) in [5.74, 6) is 0.0749. The minimum atomic E-state index is -0.489. The number of halogens is 2. The van der Waals surface area contributed by atoms with E-state index in [2.05, 4.69) is 15.3 Å². The van der Waals surface area contributed by atoms with Crippen molar-refractivity contribution in [1.29, 1.82) is 5.26 Å². The Morgan fingerprint density at radius 1 is 1.33 bits per heavy atom. The second-order valence-electron chi connectivity index (χ2n) is 3.45. The Labute approximate surface area is 108 Å². The molecule has 18 heavy (non-hydrogen) atoms. The zero-order valence-corrected chi connectivity index (χ0v) is 10.2. The lowest BCUT2D eigenvalue weighted by Gasteiger charge is -2.05. The van der Waals surface area contributed by atoms with Crippen LogP contribution >= 0.6 is 11.6 Å². The molecule has 0 bridgehead atoms. The predicted octanol–water partition coefficient (Wildman–Crippen LogP) is 2.85. The number of nitrogens with one attached hydrogen (secondary N) is 1. The van der Waals surface area contributed by atoms with Crippen molar-refractivity contribution in [2.24, 2.45) is 0 Å². The number of nitriles is 1. The highest BCUT2D eigenvalue weighted by Gasteiger charge is 2.11. The Morgan fingerprint density at radius 2 is 2.11 bits per heavy atom. The van der Waals surface area contributed by atoms with Crippen molar-refractivity contribution in [2.45, 2.75) is 0 Å². The molecule has 0 saturated heterocycles. The fourth-order valence-electron chi connectivity index (χ4n) is 1.42. The van der Waals surface area contributed by atoms with E-state index in [4.69, 9.17) is 16.9 Å². The van der Waals surface area contributed by atoms with Gasteiger partial charge in [0.1, 0.15) is 23.4 Å². The molecule has 1 N–H and O–H groups in total. The third-order valence-corrected chi connectivity index (χ3v) is 2.50. The predicted molar refractivity (Wildman–Crippen MR) is 66.7 cm³/mol. The Morgan fingerprint density at radius 3 is 2.78 bits per heavy atom. The van der Waals surface area contributed by atoms with Gasteiger partial charge in [0.15, 0.2) is 5.82 Å².